The van der Waals surface area contributed by atoms with E-state index < -0.39 is 9.84 Å². The van der Waals surface area contributed by atoms with Crippen molar-refractivity contribution in [1.29, 1.82) is 0 Å². The van der Waals surface area contributed by atoms with Gasteiger partial charge in [-0.05, 0) is 25.0 Å². The molecule has 1 aromatic heterocycles. The molecule has 0 N–H and O–H groups in total. The Balaban J connectivity index is 2.91. The fourth-order valence-electron chi connectivity index (χ4n) is 1.06. The van der Waals surface area contributed by atoms with Crippen LogP contribution >= 0.6 is 11.6 Å². The van der Waals surface area contributed by atoms with Crippen LogP contribution in [0.25, 0.3) is 0 Å². The van der Waals surface area contributed by atoms with Crippen LogP contribution < -0.4 is 0 Å². The first-order valence-corrected chi connectivity index (χ1v) is 6.73. The van der Waals surface area contributed by atoms with Crippen molar-refractivity contribution in [1.82, 2.24) is 10.2 Å². The van der Waals surface area contributed by atoms with Gasteiger partial charge >= 0.3 is 0 Å². The Kier molecular flexibility index (Phi) is 4.04. The molecule has 0 saturated carbocycles. The van der Waals surface area contributed by atoms with Crippen LogP contribution in [-0.2, 0) is 9.84 Å². The van der Waals surface area contributed by atoms with E-state index in [1.807, 2.05) is 0 Å². The molecule has 0 aromatic carbocycles. The maximum absolute atomic E-state index is 11.8. The third-order valence-electron chi connectivity index (χ3n) is 1.86. The molecule has 0 aliphatic rings. The zero-order chi connectivity index (χ0) is 11.5. The van der Waals surface area contributed by atoms with Crippen molar-refractivity contribution in [3.8, 4) is 0 Å². The molecular weight excluding hydrogens is 236 g/mol. The molecule has 84 valence electrons. The first-order valence-electron chi connectivity index (χ1n) is 4.55. The zero-order valence-electron chi connectivity index (χ0n) is 8.64. The van der Waals surface area contributed by atoms with E-state index in [1.165, 1.54) is 6.07 Å². The minimum absolute atomic E-state index is 0.00818. The molecule has 0 saturated heterocycles. The van der Waals surface area contributed by atoms with Crippen LogP contribution in [-0.4, -0.2) is 30.2 Å². The Morgan fingerprint density at radius 1 is 1.40 bits per heavy atom. The molecule has 0 amide bonds. The lowest BCUT2D eigenvalue weighted by Gasteiger charge is -2.07. The number of aromatic nitrogens is 2. The second-order valence-corrected chi connectivity index (χ2v) is 5.84. The van der Waals surface area contributed by atoms with Gasteiger partial charge in [0.1, 0.15) is 0 Å². The SMILES string of the molecule is Cc1ccc(S(=O)(=O)CC(C)CCl)nn1. The van der Waals surface area contributed by atoms with E-state index >= 15 is 0 Å². The Labute approximate surface area is 94.6 Å². The van der Waals surface area contributed by atoms with Crippen molar-refractivity contribution in [2.75, 3.05) is 11.6 Å². The van der Waals surface area contributed by atoms with E-state index in [9.17, 15) is 8.42 Å². The average molecular weight is 249 g/mol. The number of alkyl halides is 1. The van der Waals surface area contributed by atoms with Gasteiger partial charge in [-0.15, -0.1) is 16.7 Å². The predicted molar refractivity (Wildman–Crippen MR) is 58.7 cm³/mol. The summed E-state index contributed by atoms with van der Waals surface area (Å²) in [6.07, 6.45) is 0. The summed E-state index contributed by atoms with van der Waals surface area (Å²) in [5.41, 5.74) is 0.694. The van der Waals surface area contributed by atoms with Gasteiger partial charge in [-0.2, -0.15) is 5.10 Å². The van der Waals surface area contributed by atoms with E-state index in [-0.39, 0.29) is 16.7 Å². The standard InChI is InChI=1S/C9H13ClN2O2S/c1-7(5-10)6-15(13,14)9-4-3-8(2)11-12-9/h3-4,7H,5-6H2,1-2H3. The van der Waals surface area contributed by atoms with Crippen LogP contribution in [0.5, 0.6) is 0 Å². The number of halogens is 1. The van der Waals surface area contributed by atoms with Crippen LogP contribution in [0, 0.1) is 12.8 Å². The smallest absolute Gasteiger partial charge is 0.197 e. The van der Waals surface area contributed by atoms with Crippen molar-refractivity contribution in [3.05, 3.63) is 17.8 Å². The summed E-state index contributed by atoms with van der Waals surface area (Å²) in [7, 11) is -3.35. The van der Waals surface area contributed by atoms with Gasteiger partial charge in [-0.3, -0.25) is 0 Å². The lowest BCUT2D eigenvalue weighted by Crippen LogP contribution is -2.16. The Hall–Kier alpha value is -0.680. The molecule has 1 rings (SSSR count). The predicted octanol–water partition coefficient (Wildman–Crippen LogP) is 1.43. The lowest BCUT2D eigenvalue weighted by molar-refractivity contribution is 0.577. The zero-order valence-corrected chi connectivity index (χ0v) is 10.2. The third-order valence-corrected chi connectivity index (χ3v) is 4.25. The second-order valence-electron chi connectivity index (χ2n) is 3.55. The fourth-order valence-corrected chi connectivity index (χ4v) is 2.77. The Morgan fingerprint density at radius 2 is 2.07 bits per heavy atom. The van der Waals surface area contributed by atoms with Gasteiger partial charge in [0.2, 0.25) is 0 Å². The van der Waals surface area contributed by atoms with Crippen molar-refractivity contribution < 1.29 is 8.42 Å². The van der Waals surface area contributed by atoms with E-state index in [1.54, 1.807) is 19.9 Å². The van der Waals surface area contributed by atoms with Gasteiger partial charge in [-0.1, -0.05) is 6.92 Å². The first kappa shape index (κ1) is 12.4. The quantitative estimate of drug-likeness (QED) is 0.757. The summed E-state index contributed by atoms with van der Waals surface area (Å²) < 4.78 is 23.5. The second kappa shape index (κ2) is 4.90. The first-order chi connectivity index (χ1) is 6.95. The number of nitrogens with zero attached hydrogens (tertiary/aromatic N) is 2. The van der Waals surface area contributed by atoms with E-state index in [2.05, 4.69) is 10.2 Å². The highest BCUT2D eigenvalue weighted by atomic mass is 35.5. The molecule has 1 heterocycles. The molecule has 6 heteroatoms. The van der Waals surface area contributed by atoms with Gasteiger partial charge in [0, 0.05) is 5.88 Å². The maximum Gasteiger partial charge on any atom is 0.197 e. The summed E-state index contributed by atoms with van der Waals surface area (Å²) in [5.74, 6) is 0.243. The number of aryl methyl sites for hydroxylation is 1. The van der Waals surface area contributed by atoms with Gasteiger partial charge in [0.05, 0.1) is 11.4 Å². The average Bonchev–Trinajstić information content (AvgIpc) is 2.17. The Bertz CT molecular complexity index is 416. The van der Waals surface area contributed by atoms with Crippen molar-refractivity contribution in [3.63, 3.8) is 0 Å². The van der Waals surface area contributed by atoms with Gasteiger partial charge < -0.3 is 0 Å². The van der Waals surface area contributed by atoms with E-state index in [4.69, 9.17) is 11.6 Å². The molecule has 1 unspecified atom stereocenters. The van der Waals surface area contributed by atoms with Gasteiger partial charge in [-0.25, -0.2) is 8.42 Å². The molecule has 0 fully saturated rings. The summed E-state index contributed by atoms with van der Waals surface area (Å²) in [5, 5.41) is 7.39. The van der Waals surface area contributed by atoms with Crippen LogP contribution in [0.3, 0.4) is 0 Å². The molecular formula is C9H13ClN2O2S. The highest BCUT2D eigenvalue weighted by Gasteiger charge is 2.19. The topological polar surface area (TPSA) is 59.9 Å². The van der Waals surface area contributed by atoms with Crippen LogP contribution in [0.4, 0.5) is 0 Å². The van der Waals surface area contributed by atoms with Crippen LogP contribution in [0.15, 0.2) is 17.2 Å². The summed E-state index contributed by atoms with van der Waals surface area (Å²) >= 11 is 5.57. The van der Waals surface area contributed by atoms with Crippen molar-refractivity contribution in [2.24, 2.45) is 5.92 Å². The molecule has 1 aromatic rings. The van der Waals surface area contributed by atoms with Crippen LogP contribution in [0.2, 0.25) is 0 Å². The fraction of sp³-hybridized carbons (Fsp3) is 0.556. The number of hydrogen-bond donors (Lipinski definition) is 0. The summed E-state index contributed by atoms with van der Waals surface area (Å²) in [6.45, 7) is 3.54. The highest BCUT2D eigenvalue weighted by molar-refractivity contribution is 7.91. The van der Waals surface area contributed by atoms with Gasteiger partial charge in [0.25, 0.3) is 0 Å². The molecule has 0 aliphatic heterocycles. The maximum atomic E-state index is 11.8. The minimum atomic E-state index is -3.35. The van der Waals surface area contributed by atoms with E-state index in [0.29, 0.717) is 11.6 Å². The summed E-state index contributed by atoms with van der Waals surface area (Å²) in [4.78, 5) is 0. The molecule has 0 spiro atoms. The molecule has 0 bridgehead atoms. The lowest BCUT2D eigenvalue weighted by atomic mass is 10.3. The number of hydrogen-bond acceptors (Lipinski definition) is 4. The van der Waals surface area contributed by atoms with E-state index in [0.717, 1.165) is 0 Å². The normalized spacial score (nSPS) is 13.8. The highest BCUT2D eigenvalue weighted by Crippen LogP contribution is 2.11. The molecule has 1 atom stereocenters. The number of rotatable bonds is 4. The Morgan fingerprint density at radius 3 is 2.53 bits per heavy atom. The monoisotopic (exact) mass is 248 g/mol. The molecule has 0 aliphatic carbocycles. The van der Waals surface area contributed by atoms with Crippen molar-refractivity contribution >= 4 is 21.4 Å². The minimum Gasteiger partial charge on any atom is -0.222 e. The molecule has 0 radical (unpaired) electrons. The largest absolute Gasteiger partial charge is 0.222 e. The van der Waals surface area contributed by atoms with Crippen molar-refractivity contribution in [2.45, 2.75) is 18.9 Å². The van der Waals surface area contributed by atoms with Crippen LogP contribution in [0.1, 0.15) is 12.6 Å². The summed E-state index contributed by atoms with van der Waals surface area (Å²) in [6, 6.07) is 3.10. The number of sulfone groups is 1. The van der Waals surface area contributed by atoms with Gasteiger partial charge in [0.15, 0.2) is 14.9 Å². The molecule has 4 nitrogen and oxygen atoms in total. The third kappa shape index (κ3) is 3.43. The molecule has 15 heavy (non-hydrogen) atoms.